The molecule has 0 unspecified atom stereocenters. The number of carbonyl (C=O) groups is 2. The second-order valence-electron chi connectivity index (χ2n) is 9.87. The summed E-state index contributed by atoms with van der Waals surface area (Å²) >= 11 is 6.09. The van der Waals surface area contributed by atoms with E-state index < -0.39 is 0 Å². The fourth-order valence-corrected chi connectivity index (χ4v) is 5.13. The van der Waals surface area contributed by atoms with Gasteiger partial charge < -0.3 is 26.0 Å². The summed E-state index contributed by atoms with van der Waals surface area (Å²) in [6, 6.07) is 10.9. The van der Waals surface area contributed by atoms with Crippen molar-refractivity contribution in [1.29, 1.82) is 0 Å². The van der Waals surface area contributed by atoms with E-state index in [1.54, 1.807) is 16.8 Å². The fourth-order valence-electron chi connectivity index (χ4n) is 4.97. The summed E-state index contributed by atoms with van der Waals surface area (Å²) in [4.78, 5) is 27.7. The highest BCUT2D eigenvalue weighted by Crippen LogP contribution is 2.29. The lowest BCUT2D eigenvalue weighted by atomic mass is 9.96. The molecule has 0 spiro atoms. The minimum absolute atomic E-state index is 0.117. The zero-order valence-corrected chi connectivity index (χ0v) is 22.9. The third-order valence-electron chi connectivity index (χ3n) is 7.23. The summed E-state index contributed by atoms with van der Waals surface area (Å²) in [5.74, 6) is 0.552. The summed E-state index contributed by atoms with van der Waals surface area (Å²) in [7, 11) is 3.36. The van der Waals surface area contributed by atoms with E-state index in [9.17, 15) is 9.59 Å². The van der Waals surface area contributed by atoms with E-state index in [1.165, 1.54) is 7.11 Å². The minimum Gasteiger partial charge on any atom is -0.496 e. The molecule has 1 saturated heterocycles. The van der Waals surface area contributed by atoms with Crippen molar-refractivity contribution in [2.45, 2.75) is 32.1 Å². The van der Waals surface area contributed by atoms with Crippen LogP contribution in [0.5, 0.6) is 5.75 Å². The number of aromatic nitrogens is 2. The van der Waals surface area contributed by atoms with Gasteiger partial charge in [0.05, 0.1) is 28.9 Å². The first-order valence-electron chi connectivity index (χ1n) is 13.2. The molecular formula is C28H37ClN6O3. The fraction of sp³-hybridized carbons (Fsp3) is 0.464. The molecule has 38 heavy (non-hydrogen) atoms. The number of nitrogens with two attached hydrogens (primary N) is 1. The summed E-state index contributed by atoms with van der Waals surface area (Å²) in [5, 5.41) is 11.6. The van der Waals surface area contributed by atoms with Gasteiger partial charge in [0.15, 0.2) is 5.69 Å². The molecule has 0 bridgehead atoms. The van der Waals surface area contributed by atoms with Crippen molar-refractivity contribution in [3.8, 4) is 5.75 Å². The van der Waals surface area contributed by atoms with Crippen molar-refractivity contribution >= 4 is 40.0 Å². The summed E-state index contributed by atoms with van der Waals surface area (Å²) in [6.07, 6.45) is 5.20. The lowest BCUT2D eigenvalue weighted by molar-refractivity contribution is 0.0928. The lowest BCUT2D eigenvalue weighted by Gasteiger charge is -2.32. The van der Waals surface area contributed by atoms with Crippen LogP contribution in [0.3, 0.4) is 0 Å². The molecule has 0 saturated carbocycles. The van der Waals surface area contributed by atoms with Crippen LogP contribution in [0.15, 0.2) is 36.4 Å². The molecule has 0 atom stereocenters. The molecule has 0 radical (unpaired) electrons. The van der Waals surface area contributed by atoms with Crippen molar-refractivity contribution < 1.29 is 14.3 Å². The SMILES string of the molecule is COc1cc(N)c(Cl)cc1C(=O)NCC1CCN(CCCCCNC(=O)c2nn(C)c3ccccc23)CC1. The molecule has 2 heterocycles. The van der Waals surface area contributed by atoms with Gasteiger partial charge in [0.2, 0.25) is 0 Å². The number of hydrogen-bond acceptors (Lipinski definition) is 6. The Morgan fingerprint density at radius 1 is 1.11 bits per heavy atom. The van der Waals surface area contributed by atoms with Crippen molar-refractivity contribution in [1.82, 2.24) is 25.3 Å². The van der Waals surface area contributed by atoms with E-state index in [-0.39, 0.29) is 11.8 Å². The number of piperidine rings is 1. The number of benzene rings is 2. The smallest absolute Gasteiger partial charge is 0.272 e. The number of ether oxygens (including phenoxy) is 1. The first-order valence-corrected chi connectivity index (χ1v) is 13.6. The molecule has 204 valence electrons. The van der Waals surface area contributed by atoms with Crippen molar-refractivity contribution in [2.24, 2.45) is 13.0 Å². The van der Waals surface area contributed by atoms with Gasteiger partial charge in [0.1, 0.15) is 5.75 Å². The molecule has 1 aromatic heterocycles. The number of halogens is 1. The average molecular weight is 541 g/mol. The van der Waals surface area contributed by atoms with Gasteiger partial charge in [0.25, 0.3) is 11.8 Å². The topological polar surface area (TPSA) is 115 Å². The Hall–Kier alpha value is -3.30. The number of likely N-dealkylation sites (tertiary alicyclic amines) is 1. The molecular weight excluding hydrogens is 504 g/mol. The largest absolute Gasteiger partial charge is 0.496 e. The Labute approximate surface area is 228 Å². The second-order valence-corrected chi connectivity index (χ2v) is 10.3. The Kier molecular flexibility index (Phi) is 9.47. The Bertz CT molecular complexity index is 1270. The van der Waals surface area contributed by atoms with Gasteiger partial charge >= 0.3 is 0 Å². The van der Waals surface area contributed by atoms with Crippen LogP contribution in [0.2, 0.25) is 5.02 Å². The standard InChI is InChI=1S/C28H37ClN6O3/c1-34-24-9-5-4-8-20(24)26(33-34)28(37)31-12-6-3-7-13-35-14-10-19(11-15-35)18-32-27(36)21-16-22(29)23(30)17-25(21)38-2/h4-5,8-9,16-17,19H,3,6-7,10-15,18,30H2,1-2H3,(H,31,37)(H,32,36). The Morgan fingerprint density at radius 3 is 2.63 bits per heavy atom. The maximum absolute atomic E-state index is 12.7. The predicted octanol–water partition coefficient (Wildman–Crippen LogP) is 3.86. The molecule has 10 heteroatoms. The van der Waals surface area contributed by atoms with Gasteiger partial charge in [-0.1, -0.05) is 36.2 Å². The number of unbranched alkanes of at least 4 members (excludes halogenated alkanes) is 2. The second kappa shape index (κ2) is 13.0. The average Bonchev–Trinajstić information content (AvgIpc) is 3.27. The summed E-state index contributed by atoms with van der Waals surface area (Å²) in [6.45, 7) is 4.39. The highest BCUT2D eigenvalue weighted by molar-refractivity contribution is 6.33. The number of aryl methyl sites for hydroxylation is 1. The lowest BCUT2D eigenvalue weighted by Crippen LogP contribution is -2.39. The third-order valence-corrected chi connectivity index (χ3v) is 7.56. The van der Waals surface area contributed by atoms with E-state index in [0.717, 1.165) is 62.6 Å². The molecule has 1 aliphatic rings. The van der Waals surface area contributed by atoms with Gasteiger partial charge in [-0.3, -0.25) is 14.3 Å². The third kappa shape index (κ3) is 6.76. The first kappa shape index (κ1) is 27.7. The van der Waals surface area contributed by atoms with Crippen LogP contribution >= 0.6 is 11.6 Å². The maximum Gasteiger partial charge on any atom is 0.272 e. The van der Waals surface area contributed by atoms with E-state index in [0.29, 0.717) is 46.7 Å². The number of nitrogens with zero attached hydrogens (tertiary/aromatic N) is 3. The van der Waals surface area contributed by atoms with Crippen LogP contribution in [-0.2, 0) is 7.05 Å². The van der Waals surface area contributed by atoms with Crippen LogP contribution in [-0.4, -0.2) is 66.3 Å². The number of hydrogen-bond donors (Lipinski definition) is 3. The maximum atomic E-state index is 12.7. The number of nitrogens with one attached hydrogen (secondary N) is 2. The summed E-state index contributed by atoms with van der Waals surface area (Å²) < 4.78 is 7.03. The van der Waals surface area contributed by atoms with Crippen LogP contribution in [0.1, 0.15) is 53.0 Å². The van der Waals surface area contributed by atoms with Gasteiger partial charge in [0, 0.05) is 31.6 Å². The van der Waals surface area contributed by atoms with Crippen LogP contribution < -0.4 is 21.1 Å². The molecule has 0 aliphatic carbocycles. The zero-order valence-electron chi connectivity index (χ0n) is 22.1. The predicted molar refractivity (Wildman–Crippen MR) is 151 cm³/mol. The molecule has 1 fully saturated rings. The number of para-hydroxylation sites is 1. The van der Waals surface area contributed by atoms with Crippen molar-refractivity contribution in [3.05, 3.63) is 52.7 Å². The number of anilines is 1. The number of methoxy groups -OCH3 is 1. The van der Waals surface area contributed by atoms with Crippen molar-refractivity contribution in [3.63, 3.8) is 0 Å². The van der Waals surface area contributed by atoms with Crippen LogP contribution in [0, 0.1) is 5.92 Å². The molecule has 2 aromatic carbocycles. The monoisotopic (exact) mass is 540 g/mol. The number of nitrogen functional groups attached to an aromatic ring is 1. The Balaban J connectivity index is 1.10. The van der Waals surface area contributed by atoms with Crippen LogP contribution in [0.4, 0.5) is 5.69 Å². The van der Waals surface area contributed by atoms with E-state index in [1.807, 2.05) is 31.3 Å². The van der Waals surface area contributed by atoms with E-state index in [2.05, 4.69) is 20.6 Å². The van der Waals surface area contributed by atoms with Gasteiger partial charge in [-0.15, -0.1) is 0 Å². The molecule has 4 N–H and O–H groups in total. The first-order chi connectivity index (χ1) is 18.4. The highest BCUT2D eigenvalue weighted by atomic mass is 35.5. The molecule has 9 nitrogen and oxygen atoms in total. The molecule has 3 aromatic rings. The van der Waals surface area contributed by atoms with Gasteiger partial charge in [-0.25, -0.2) is 0 Å². The number of amides is 2. The molecule has 4 rings (SSSR count). The quantitative estimate of drug-likeness (QED) is 0.251. The number of carbonyl (C=O) groups excluding carboxylic acids is 2. The van der Waals surface area contributed by atoms with E-state index >= 15 is 0 Å². The highest BCUT2D eigenvalue weighted by Gasteiger charge is 2.21. The molecule has 2 amide bonds. The van der Waals surface area contributed by atoms with Gasteiger partial charge in [-0.2, -0.15) is 5.10 Å². The zero-order chi connectivity index (χ0) is 27.1. The molecule has 1 aliphatic heterocycles. The Morgan fingerprint density at radius 2 is 1.87 bits per heavy atom. The van der Waals surface area contributed by atoms with Crippen molar-refractivity contribution in [2.75, 3.05) is 45.6 Å². The minimum atomic E-state index is -0.200. The summed E-state index contributed by atoms with van der Waals surface area (Å²) in [5.41, 5.74) is 8.03. The van der Waals surface area contributed by atoms with Crippen LogP contribution in [0.25, 0.3) is 10.9 Å². The van der Waals surface area contributed by atoms with Gasteiger partial charge in [-0.05, 0) is 63.4 Å². The van der Waals surface area contributed by atoms with E-state index in [4.69, 9.17) is 22.1 Å². The normalized spacial score (nSPS) is 14.5. The number of rotatable bonds is 11. The number of fused-ring (bicyclic) bond motifs is 1.